The molecule has 0 saturated heterocycles. The Kier molecular flexibility index (Phi) is 6.43. The molecule has 0 fully saturated rings. The summed E-state index contributed by atoms with van der Waals surface area (Å²) in [6.07, 6.45) is 2.33. The largest absolute Gasteiger partial charge is 0.462 e. The van der Waals surface area contributed by atoms with E-state index in [1.807, 2.05) is 6.26 Å². The maximum atomic E-state index is 11.9. The van der Waals surface area contributed by atoms with Crippen LogP contribution in [0.1, 0.15) is 34.1 Å². The number of ether oxygens (including phenoxy) is 1. The monoisotopic (exact) mass is 330 g/mol. The van der Waals surface area contributed by atoms with Crippen LogP contribution in [-0.2, 0) is 4.74 Å². The average molecular weight is 331 g/mol. The zero-order chi connectivity index (χ0) is 13.5. The molecule has 0 amide bonds. The number of hydrogen-bond donors (Lipinski definition) is 0. The van der Waals surface area contributed by atoms with Gasteiger partial charge in [0.25, 0.3) is 0 Å². The van der Waals surface area contributed by atoms with Crippen molar-refractivity contribution in [1.29, 1.82) is 0 Å². The Bertz CT molecular complexity index is 446. The number of halogens is 1. The standard InChI is InChI=1S/C13H15BrO3S/c1-3-17-13(16)9-4-5-10(11(15)6-7-14)12(8-9)18-2/h4-5,8H,3,6-7H2,1-2H3. The highest BCUT2D eigenvalue weighted by molar-refractivity contribution is 9.09. The zero-order valence-electron chi connectivity index (χ0n) is 10.4. The number of thioether (sulfide) groups is 1. The summed E-state index contributed by atoms with van der Waals surface area (Å²) in [6, 6.07) is 5.05. The van der Waals surface area contributed by atoms with E-state index in [4.69, 9.17) is 4.74 Å². The molecule has 0 bridgehead atoms. The van der Waals surface area contributed by atoms with Gasteiger partial charge < -0.3 is 4.74 Å². The second kappa shape index (κ2) is 7.59. The van der Waals surface area contributed by atoms with Gasteiger partial charge in [-0.3, -0.25) is 4.79 Å². The lowest BCUT2D eigenvalue weighted by atomic mass is 10.1. The number of carbonyl (C=O) groups is 2. The minimum atomic E-state index is -0.354. The summed E-state index contributed by atoms with van der Waals surface area (Å²) in [4.78, 5) is 24.3. The quantitative estimate of drug-likeness (QED) is 0.346. The molecule has 0 spiro atoms. The van der Waals surface area contributed by atoms with Crippen LogP contribution in [0, 0.1) is 0 Å². The minimum Gasteiger partial charge on any atom is -0.462 e. The summed E-state index contributed by atoms with van der Waals surface area (Å²) in [5.41, 5.74) is 1.14. The second-order valence-corrected chi connectivity index (χ2v) is 5.14. The number of esters is 1. The van der Waals surface area contributed by atoms with Gasteiger partial charge >= 0.3 is 5.97 Å². The Balaban J connectivity index is 3.03. The molecule has 0 aromatic heterocycles. The summed E-state index contributed by atoms with van der Waals surface area (Å²) in [7, 11) is 0. The van der Waals surface area contributed by atoms with Gasteiger partial charge in [-0.2, -0.15) is 0 Å². The minimum absolute atomic E-state index is 0.0756. The number of benzene rings is 1. The Morgan fingerprint density at radius 3 is 2.67 bits per heavy atom. The van der Waals surface area contributed by atoms with E-state index in [2.05, 4.69) is 15.9 Å². The number of hydrogen-bond acceptors (Lipinski definition) is 4. The molecule has 1 aromatic rings. The first-order valence-corrected chi connectivity index (χ1v) is 7.93. The van der Waals surface area contributed by atoms with Gasteiger partial charge in [0.2, 0.25) is 0 Å². The smallest absolute Gasteiger partial charge is 0.338 e. The van der Waals surface area contributed by atoms with Crippen LogP contribution in [0.4, 0.5) is 0 Å². The van der Waals surface area contributed by atoms with Gasteiger partial charge in [-0.1, -0.05) is 15.9 Å². The van der Waals surface area contributed by atoms with Crippen LogP contribution < -0.4 is 0 Å². The fourth-order valence-electron chi connectivity index (χ4n) is 1.48. The van der Waals surface area contributed by atoms with Crippen LogP contribution in [0.5, 0.6) is 0 Å². The molecule has 0 aliphatic carbocycles. The van der Waals surface area contributed by atoms with E-state index in [1.54, 1.807) is 25.1 Å². The van der Waals surface area contributed by atoms with Gasteiger partial charge in [0.05, 0.1) is 12.2 Å². The number of ketones is 1. The molecule has 0 aliphatic rings. The first-order valence-electron chi connectivity index (χ1n) is 5.58. The topological polar surface area (TPSA) is 43.4 Å². The van der Waals surface area contributed by atoms with E-state index in [0.29, 0.717) is 29.5 Å². The second-order valence-electron chi connectivity index (χ2n) is 3.50. The van der Waals surface area contributed by atoms with E-state index in [-0.39, 0.29) is 11.8 Å². The van der Waals surface area contributed by atoms with Crippen molar-refractivity contribution in [2.75, 3.05) is 18.2 Å². The van der Waals surface area contributed by atoms with Crippen molar-refractivity contribution in [3.63, 3.8) is 0 Å². The Morgan fingerprint density at radius 2 is 2.11 bits per heavy atom. The van der Waals surface area contributed by atoms with Crippen LogP contribution in [0.25, 0.3) is 0 Å². The van der Waals surface area contributed by atoms with Crippen molar-refractivity contribution in [3.05, 3.63) is 29.3 Å². The third kappa shape index (κ3) is 3.85. The van der Waals surface area contributed by atoms with Gasteiger partial charge in [0, 0.05) is 22.2 Å². The first-order chi connectivity index (χ1) is 8.63. The molecule has 0 heterocycles. The van der Waals surface area contributed by atoms with E-state index < -0.39 is 0 Å². The van der Waals surface area contributed by atoms with Gasteiger partial charge in [-0.15, -0.1) is 11.8 Å². The highest BCUT2D eigenvalue weighted by atomic mass is 79.9. The van der Waals surface area contributed by atoms with Crippen molar-refractivity contribution in [2.45, 2.75) is 18.2 Å². The highest BCUT2D eigenvalue weighted by Gasteiger charge is 2.14. The summed E-state index contributed by atoms with van der Waals surface area (Å²) in [5.74, 6) is -0.279. The molecule has 0 N–H and O–H groups in total. The lowest BCUT2D eigenvalue weighted by molar-refractivity contribution is 0.0525. The first kappa shape index (κ1) is 15.2. The van der Waals surface area contributed by atoms with E-state index in [9.17, 15) is 9.59 Å². The van der Waals surface area contributed by atoms with E-state index in [1.165, 1.54) is 11.8 Å². The fourth-order valence-corrected chi connectivity index (χ4v) is 2.49. The van der Waals surface area contributed by atoms with Crippen molar-refractivity contribution in [2.24, 2.45) is 0 Å². The van der Waals surface area contributed by atoms with Crippen molar-refractivity contribution in [1.82, 2.24) is 0 Å². The molecule has 1 aromatic carbocycles. The van der Waals surface area contributed by atoms with Gasteiger partial charge in [-0.05, 0) is 31.4 Å². The molecule has 0 aliphatic heterocycles. The molecular formula is C13H15BrO3S. The Hall–Kier alpha value is -0.810. The lowest BCUT2D eigenvalue weighted by Gasteiger charge is -2.08. The van der Waals surface area contributed by atoms with E-state index >= 15 is 0 Å². The van der Waals surface area contributed by atoms with Crippen LogP contribution in [-0.4, -0.2) is 29.9 Å². The van der Waals surface area contributed by atoms with Crippen LogP contribution in [0.2, 0.25) is 0 Å². The summed E-state index contributed by atoms with van der Waals surface area (Å²) < 4.78 is 4.93. The van der Waals surface area contributed by atoms with Crippen LogP contribution >= 0.6 is 27.7 Å². The molecular weight excluding hydrogens is 316 g/mol. The predicted molar refractivity (Wildman–Crippen MR) is 76.9 cm³/mol. The lowest BCUT2D eigenvalue weighted by Crippen LogP contribution is -2.07. The molecule has 0 radical (unpaired) electrons. The van der Waals surface area contributed by atoms with Crippen molar-refractivity contribution < 1.29 is 14.3 Å². The Morgan fingerprint density at radius 1 is 1.39 bits per heavy atom. The summed E-state index contributed by atoms with van der Waals surface area (Å²) in [6.45, 7) is 2.11. The third-order valence-corrected chi connectivity index (χ3v) is 3.51. The summed E-state index contributed by atoms with van der Waals surface area (Å²) >= 11 is 4.71. The average Bonchev–Trinajstić information content (AvgIpc) is 2.38. The van der Waals surface area contributed by atoms with Crippen LogP contribution in [0.3, 0.4) is 0 Å². The SMILES string of the molecule is CCOC(=O)c1ccc(C(=O)CCBr)c(SC)c1. The van der Waals surface area contributed by atoms with Crippen molar-refractivity contribution >= 4 is 39.4 Å². The zero-order valence-corrected chi connectivity index (χ0v) is 12.8. The number of alkyl halides is 1. The maximum Gasteiger partial charge on any atom is 0.338 e. The molecule has 1 rings (SSSR count). The summed E-state index contributed by atoms with van der Waals surface area (Å²) in [5, 5.41) is 0.638. The Labute approximate surface area is 119 Å². The molecule has 18 heavy (non-hydrogen) atoms. The fraction of sp³-hybridized carbons (Fsp3) is 0.385. The molecule has 5 heteroatoms. The molecule has 3 nitrogen and oxygen atoms in total. The molecule has 0 unspecified atom stereocenters. The van der Waals surface area contributed by atoms with E-state index in [0.717, 1.165) is 4.90 Å². The highest BCUT2D eigenvalue weighted by Crippen LogP contribution is 2.24. The van der Waals surface area contributed by atoms with Gasteiger partial charge in [0.1, 0.15) is 0 Å². The van der Waals surface area contributed by atoms with Gasteiger partial charge in [0.15, 0.2) is 5.78 Å². The number of carbonyl (C=O) groups excluding carboxylic acids is 2. The number of rotatable bonds is 6. The third-order valence-electron chi connectivity index (χ3n) is 2.33. The molecule has 0 saturated carbocycles. The predicted octanol–water partition coefficient (Wildman–Crippen LogP) is 3.55. The van der Waals surface area contributed by atoms with Gasteiger partial charge in [-0.25, -0.2) is 4.79 Å². The van der Waals surface area contributed by atoms with Crippen molar-refractivity contribution in [3.8, 4) is 0 Å². The van der Waals surface area contributed by atoms with Crippen LogP contribution in [0.15, 0.2) is 23.1 Å². The molecule has 98 valence electrons. The molecule has 0 atom stereocenters. The maximum absolute atomic E-state index is 11.9. The number of Topliss-reactive ketones (excluding diaryl/α,β-unsaturated/α-hetero) is 1. The normalized spacial score (nSPS) is 10.2.